The zero-order valence-electron chi connectivity index (χ0n) is 11.9. The number of piperidine rings is 1. The third-order valence-electron chi connectivity index (χ3n) is 4.10. The van der Waals surface area contributed by atoms with E-state index in [1.807, 2.05) is 6.07 Å². The van der Waals surface area contributed by atoms with Crippen molar-refractivity contribution in [3.63, 3.8) is 0 Å². The van der Waals surface area contributed by atoms with Crippen molar-refractivity contribution in [2.45, 2.75) is 25.4 Å². The van der Waals surface area contributed by atoms with Crippen molar-refractivity contribution < 1.29 is 9.90 Å². The Morgan fingerprint density at radius 3 is 2.67 bits per heavy atom. The predicted octanol–water partition coefficient (Wildman–Crippen LogP) is 1.52. The second kappa shape index (κ2) is 5.00. The molecule has 0 radical (unpaired) electrons. The summed E-state index contributed by atoms with van der Waals surface area (Å²) in [6, 6.07) is 8.50. The van der Waals surface area contributed by atoms with Crippen LogP contribution in [0.1, 0.15) is 30.3 Å². The topological polar surface area (TPSA) is 73.4 Å². The molecule has 5 nitrogen and oxygen atoms in total. The Kier molecular flexibility index (Phi) is 3.29. The number of amides is 1. The van der Waals surface area contributed by atoms with Gasteiger partial charge in [-0.3, -0.25) is 9.59 Å². The van der Waals surface area contributed by atoms with E-state index in [1.54, 1.807) is 30.0 Å². The minimum atomic E-state index is -0.701. The highest BCUT2D eigenvalue weighted by Crippen LogP contribution is 2.22. The Morgan fingerprint density at radius 1 is 1.29 bits per heavy atom. The molecule has 0 spiro atoms. The number of aromatic amines is 1. The maximum atomic E-state index is 12.5. The van der Waals surface area contributed by atoms with Crippen LogP contribution in [0.25, 0.3) is 10.9 Å². The Labute approximate surface area is 122 Å². The molecule has 0 atom stereocenters. The van der Waals surface area contributed by atoms with Crippen molar-refractivity contribution >= 4 is 16.8 Å². The lowest BCUT2D eigenvalue weighted by Crippen LogP contribution is -2.45. The van der Waals surface area contributed by atoms with E-state index in [0.717, 1.165) is 0 Å². The van der Waals surface area contributed by atoms with Crippen molar-refractivity contribution in [1.29, 1.82) is 0 Å². The van der Waals surface area contributed by atoms with E-state index < -0.39 is 5.60 Å². The number of aliphatic hydroxyl groups is 1. The lowest BCUT2D eigenvalue weighted by atomic mass is 9.94. The first-order valence-electron chi connectivity index (χ1n) is 7.10. The summed E-state index contributed by atoms with van der Waals surface area (Å²) >= 11 is 0. The zero-order chi connectivity index (χ0) is 15.0. The second-order valence-electron chi connectivity index (χ2n) is 5.88. The van der Waals surface area contributed by atoms with Gasteiger partial charge in [0.15, 0.2) is 5.43 Å². The quantitative estimate of drug-likeness (QED) is 0.834. The first kappa shape index (κ1) is 13.8. The number of benzene rings is 1. The van der Waals surface area contributed by atoms with E-state index in [9.17, 15) is 14.7 Å². The van der Waals surface area contributed by atoms with Gasteiger partial charge in [-0.1, -0.05) is 12.1 Å². The van der Waals surface area contributed by atoms with Crippen molar-refractivity contribution in [2.75, 3.05) is 13.1 Å². The van der Waals surface area contributed by atoms with E-state index in [-0.39, 0.29) is 11.3 Å². The largest absolute Gasteiger partial charge is 0.390 e. The monoisotopic (exact) mass is 286 g/mol. The highest BCUT2D eigenvalue weighted by molar-refractivity contribution is 5.94. The molecule has 1 saturated heterocycles. The molecule has 1 fully saturated rings. The molecule has 21 heavy (non-hydrogen) atoms. The van der Waals surface area contributed by atoms with Gasteiger partial charge in [0.2, 0.25) is 0 Å². The number of H-pyrrole nitrogens is 1. The van der Waals surface area contributed by atoms with Gasteiger partial charge in [0.1, 0.15) is 5.69 Å². The molecule has 2 heterocycles. The van der Waals surface area contributed by atoms with E-state index in [2.05, 4.69) is 4.98 Å². The number of para-hydroxylation sites is 1. The van der Waals surface area contributed by atoms with Crippen molar-refractivity contribution in [3.05, 3.63) is 46.2 Å². The van der Waals surface area contributed by atoms with Gasteiger partial charge in [0, 0.05) is 30.1 Å². The highest BCUT2D eigenvalue weighted by Gasteiger charge is 2.30. The van der Waals surface area contributed by atoms with Crippen molar-refractivity contribution in [2.24, 2.45) is 0 Å². The average molecular weight is 286 g/mol. The highest BCUT2D eigenvalue weighted by atomic mass is 16.3. The molecule has 0 bridgehead atoms. The minimum Gasteiger partial charge on any atom is -0.390 e. The number of hydrogen-bond acceptors (Lipinski definition) is 3. The SMILES string of the molecule is CC1(O)CCN(C(=O)c2cc(=O)c3ccccc3[nH]2)CC1. The van der Waals surface area contributed by atoms with E-state index in [1.165, 1.54) is 6.07 Å². The number of nitrogens with zero attached hydrogens (tertiary/aromatic N) is 1. The van der Waals surface area contributed by atoms with Gasteiger partial charge in [0.05, 0.1) is 5.60 Å². The van der Waals surface area contributed by atoms with Crippen molar-refractivity contribution in [1.82, 2.24) is 9.88 Å². The van der Waals surface area contributed by atoms with Gasteiger partial charge < -0.3 is 15.0 Å². The Balaban J connectivity index is 1.90. The molecule has 1 aromatic heterocycles. The molecular weight excluding hydrogens is 268 g/mol. The van der Waals surface area contributed by atoms with Gasteiger partial charge in [-0.15, -0.1) is 0 Å². The molecule has 3 rings (SSSR count). The molecule has 0 unspecified atom stereocenters. The number of carbonyl (C=O) groups is 1. The number of rotatable bonds is 1. The lowest BCUT2D eigenvalue weighted by molar-refractivity contribution is -0.00218. The molecule has 2 aromatic rings. The van der Waals surface area contributed by atoms with E-state index in [0.29, 0.717) is 42.5 Å². The number of fused-ring (bicyclic) bond motifs is 1. The molecule has 1 amide bonds. The summed E-state index contributed by atoms with van der Waals surface area (Å²) in [5.74, 6) is -0.187. The summed E-state index contributed by atoms with van der Waals surface area (Å²) in [6.45, 7) is 2.79. The normalized spacial score (nSPS) is 17.9. The minimum absolute atomic E-state index is 0.156. The number of likely N-dealkylation sites (tertiary alicyclic amines) is 1. The van der Waals surface area contributed by atoms with Gasteiger partial charge in [-0.25, -0.2) is 0 Å². The fourth-order valence-corrected chi connectivity index (χ4v) is 2.67. The summed E-state index contributed by atoms with van der Waals surface area (Å²) in [5, 5.41) is 10.5. The maximum absolute atomic E-state index is 12.5. The summed E-state index contributed by atoms with van der Waals surface area (Å²) in [6.07, 6.45) is 1.10. The molecule has 110 valence electrons. The van der Waals surface area contributed by atoms with Crippen LogP contribution in [0.15, 0.2) is 35.1 Å². The molecule has 0 aliphatic carbocycles. The lowest BCUT2D eigenvalue weighted by Gasteiger charge is -2.35. The van der Waals surface area contributed by atoms with Gasteiger partial charge in [0.25, 0.3) is 5.91 Å². The Bertz CT molecular complexity index is 739. The number of nitrogens with one attached hydrogen (secondary N) is 1. The molecular formula is C16H18N2O3. The van der Waals surface area contributed by atoms with Crippen LogP contribution in [0, 0.1) is 0 Å². The third kappa shape index (κ3) is 2.69. The standard InChI is InChI=1S/C16H18N2O3/c1-16(21)6-8-18(9-7-16)15(20)13-10-14(19)11-4-2-3-5-12(11)17-13/h2-5,10,21H,6-9H2,1H3,(H,17,19). The molecule has 1 aliphatic heterocycles. The molecule has 5 heteroatoms. The molecule has 1 aliphatic rings. The van der Waals surface area contributed by atoms with Crippen LogP contribution in [0.5, 0.6) is 0 Å². The van der Waals surface area contributed by atoms with E-state index in [4.69, 9.17) is 0 Å². The summed E-state index contributed by atoms with van der Waals surface area (Å²) in [5.41, 5.74) is 0.113. The molecule has 2 N–H and O–H groups in total. The van der Waals surface area contributed by atoms with Crippen LogP contribution in [0.2, 0.25) is 0 Å². The van der Waals surface area contributed by atoms with Crippen LogP contribution < -0.4 is 5.43 Å². The predicted molar refractivity (Wildman–Crippen MR) is 80.3 cm³/mol. The van der Waals surface area contributed by atoms with Crippen LogP contribution in [-0.4, -0.2) is 39.6 Å². The van der Waals surface area contributed by atoms with Gasteiger partial charge >= 0.3 is 0 Å². The maximum Gasteiger partial charge on any atom is 0.270 e. The number of hydrogen-bond donors (Lipinski definition) is 2. The van der Waals surface area contributed by atoms with Crippen LogP contribution >= 0.6 is 0 Å². The first-order valence-corrected chi connectivity index (χ1v) is 7.10. The first-order chi connectivity index (χ1) is 9.96. The number of pyridine rings is 1. The summed E-state index contributed by atoms with van der Waals surface area (Å²) in [4.78, 5) is 29.3. The van der Waals surface area contributed by atoms with Crippen LogP contribution in [-0.2, 0) is 0 Å². The summed E-state index contributed by atoms with van der Waals surface area (Å²) < 4.78 is 0. The fourth-order valence-electron chi connectivity index (χ4n) is 2.67. The van der Waals surface area contributed by atoms with Crippen LogP contribution in [0.4, 0.5) is 0 Å². The second-order valence-corrected chi connectivity index (χ2v) is 5.88. The van der Waals surface area contributed by atoms with Crippen molar-refractivity contribution in [3.8, 4) is 0 Å². The molecule has 0 saturated carbocycles. The van der Waals surface area contributed by atoms with Crippen LogP contribution in [0.3, 0.4) is 0 Å². The Morgan fingerprint density at radius 2 is 1.95 bits per heavy atom. The Hall–Kier alpha value is -2.14. The smallest absolute Gasteiger partial charge is 0.270 e. The number of aromatic nitrogens is 1. The average Bonchev–Trinajstić information content (AvgIpc) is 2.46. The summed E-state index contributed by atoms with van der Waals surface area (Å²) in [7, 11) is 0. The fraction of sp³-hybridized carbons (Fsp3) is 0.375. The third-order valence-corrected chi connectivity index (χ3v) is 4.10. The van der Waals surface area contributed by atoms with E-state index >= 15 is 0 Å². The van der Waals surface area contributed by atoms with Gasteiger partial charge in [-0.2, -0.15) is 0 Å². The molecule has 1 aromatic carbocycles. The zero-order valence-corrected chi connectivity index (χ0v) is 11.9. The number of carbonyl (C=O) groups excluding carboxylic acids is 1. The van der Waals surface area contributed by atoms with Gasteiger partial charge in [-0.05, 0) is 31.9 Å².